The maximum Gasteiger partial charge on any atom is 0.263 e. The molecule has 2 heterocycles. The first-order chi connectivity index (χ1) is 13.5. The first-order valence-electron chi connectivity index (χ1n) is 8.26. The van der Waals surface area contributed by atoms with E-state index >= 15 is 0 Å². The summed E-state index contributed by atoms with van der Waals surface area (Å²) in [6, 6.07) is 11.7. The van der Waals surface area contributed by atoms with Crippen molar-refractivity contribution in [3.05, 3.63) is 76.9 Å². The summed E-state index contributed by atoms with van der Waals surface area (Å²) < 4.78 is 31.7. The van der Waals surface area contributed by atoms with Crippen LogP contribution < -0.4 is 5.32 Å². The van der Waals surface area contributed by atoms with Gasteiger partial charge in [-0.15, -0.1) is 11.3 Å². The normalized spacial score (nSPS) is 10.8. The van der Waals surface area contributed by atoms with Crippen molar-refractivity contribution in [3.8, 4) is 22.5 Å². The summed E-state index contributed by atoms with van der Waals surface area (Å²) in [5, 5.41) is 8.72. The van der Waals surface area contributed by atoms with Crippen LogP contribution in [0.25, 0.3) is 22.5 Å². The van der Waals surface area contributed by atoms with Crippen LogP contribution in [0.15, 0.2) is 58.4 Å². The molecule has 0 atom stereocenters. The van der Waals surface area contributed by atoms with Crippen LogP contribution in [-0.2, 0) is 0 Å². The Morgan fingerprint density at radius 3 is 2.61 bits per heavy atom. The fourth-order valence-electron chi connectivity index (χ4n) is 2.72. The SMILES string of the molecule is Cc1onc(-c2ccc(F)cc2)c1C(=O)Nc1nc(-c2cccc(F)c2)cs1. The molecular weight excluding hydrogens is 384 g/mol. The van der Waals surface area contributed by atoms with Crippen LogP contribution in [0.2, 0.25) is 0 Å². The highest BCUT2D eigenvalue weighted by atomic mass is 32.1. The zero-order valence-electron chi connectivity index (χ0n) is 14.6. The number of aryl methyl sites for hydroxylation is 1. The van der Waals surface area contributed by atoms with Crippen LogP contribution >= 0.6 is 11.3 Å². The van der Waals surface area contributed by atoms with Gasteiger partial charge in [-0.1, -0.05) is 17.3 Å². The van der Waals surface area contributed by atoms with E-state index in [-0.39, 0.29) is 17.2 Å². The zero-order valence-corrected chi connectivity index (χ0v) is 15.4. The van der Waals surface area contributed by atoms with E-state index in [0.29, 0.717) is 33.4 Å². The molecule has 0 fully saturated rings. The molecule has 28 heavy (non-hydrogen) atoms. The number of halogens is 2. The predicted molar refractivity (Wildman–Crippen MR) is 102 cm³/mol. The molecule has 2 aromatic carbocycles. The molecule has 0 aliphatic heterocycles. The fourth-order valence-corrected chi connectivity index (χ4v) is 3.43. The average molecular weight is 397 g/mol. The molecule has 0 bridgehead atoms. The highest BCUT2D eigenvalue weighted by molar-refractivity contribution is 7.14. The molecule has 0 unspecified atom stereocenters. The van der Waals surface area contributed by atoms with Gasteiger partial charge in [0.1, 0.15) is 28.7 Å². The van der Waals surface area contributed by atoms with Crippen LogP contribution in [-0.4, -0.2) is 16.0 Å². The summed E-state index contributed by atoms with van der Waals surface area (Å²) in [5.41, 5.74) is 2.29. The van der Waals surface area contributed by atoms with Gasteiger partial charge < -0.3 is 4.52 Å². The number of nitrogens with one attached hydrogen (secondary N) is 1. The van der Waals surface area contributed by atoms with Crippen LogP contribution in [0.4, 0.5) is 13.9 Å². The summed E-state index contributed by atoms with van der Waals surface area (Å²) in [7, 11) is 0. The minimum absolute atomic E-state index is 0.245. The number of rotatable bonds is 4. The second-order valence-corrected chi connectivity index (χ2v) is 6.83. The topological polar surface area (TPSA) is 68.0 Å². The van der Waals surface area contributed by atoms with E-state index in [4.69, 9.17) is 4.52 Å². The number of hydrogen-bond donors (Lipinski definition) is 1. The van der Waals surface area contributed by atoms with Gasteiger partial charge in [0.15, 0.2) is 5.13 Å². The van der Waals surface area contributed by atoms with Crippen molar-refractivity contribution >= 4 is 22.4 Å². The molecule has 4 rings (SSSR count). The van der Waals surface area contributed by atoms with Gasteiger partial charge in [0.25, 0.3) is 5.91 Å². The van der Waals surface area contributed by atoms with E-state index < -0.39 is 5.91 Å². The zero-order chi connectivity index (χ0) is 19.7. The van der Waals surface area contributed by atoms with Crippen LogP contribution in [0.1, 0.15) is 16.1 Å². The minimum atomic E-state index is -0.446. The summed E-state index contributed by atoms with van der Waals surface area (Å²) in [4.78, 5) is 17.1. The van der Waals surface area contributed by atoms with Crippen molar-refractivity contribution in [2.75, 3.05) is 5.32 Å². The maximum atomic E-state index is 13.4. The maximum absolute atomic E-state index is 13.4. The largest absolute Gasteiger partial charge is 0.360 e. The Kier molecular flexibility index (Phi) is 4.70. The Morgan fingerprint density at radius 2 is 1.86 bits per heavy atom. The van der Waals surface area contributed by atoms with E-state index in [1.54, 1.807) is 24.4 Å². The number of anilines is 1. The average Bonchev–Trinajstić information content (AvgIpc) is 3.29. The van der Waals surface area contributed by atoms with E-state index in [2.05, 4.69) is 15.5 Å². The Balaban J connectivity index is 1.60. The lowest BCUT2D eigenvalue weighted by Gasteiger charge is -2.03. The van der Waals surface area contributed by atoms with Gasteiger partial charge in [-0.2, -0.15) is 0 Å². The van der Waals surface area contributed by atoms with Gasteiger partial charge in [-0.25, -0.2) is 13.8 Å². The van der Waals surface area contributed by atoms with Crippen LogP contribution in [0.3, 0.4) is 0 Å². The third-order valence-electron chi connectivity index (χ3n) is 4.05. The molecule has 0 aliphatic rings. The van der Waals surface area contributed by atoms with Gasteiger partial charge >= 0.3 is 0 Å². The Morgan fingerprint density at radius 1 is 1.07 bits per heavy atom. The van der Waals surface area contributed by atoms with Gasteiger partial charge in [0, 0.05) is 16.5 Å². The highest BCUT2D eigenvalue weighted by Gasteiger charge is 2.22. The van der Waals surface area contributed by atoms with E-state index in [0.717, 1.165) is 0 Å². The van der Waals surface area contributed by atoms with Crippen molar-refractivity contribution in [1.29, 1.82) is 0 Å². The number of nitrogens with zero attached hydrogens (tertiary/aromatic N) is 2. The third kappa shape index (κ3) is 3.54. The monoisotopic (exact) mass is 397 g/mol. The van der Waals surface area contributed by atoms with E-state index in [9.17, 15) is 13.6 Å². The quantitative estimate of drug-likeness (QED) is 0.507. The van der Waals surface area contributed by atoms with Crippen LogP contribution in [0, 0.1) is 18.6 Å². The van der Waals surface area contributed by atoms with Gasteiger partial charge in [-0.3, -0.25) is 10.1 Å². The number of carbonyl (C=O) groups is 1. The first kappa shape index (κ1) is 18.0. The molecule has 4 aromatic rings. The number of thiazole rings is 1. The third-order valence-corrected chi connectivity index (χ3v) is 4.81. The molecular formula is C20H13F2N3O2S. The second-order valence-electron chi connectivity index (χ2n) is 5.97. The Labute approximate surface area is 162 Å². The van der Waals surface area contributed by atoms with Gasteiger partial charge in [-0.05, 0) is 43.3 Å². The van der Waals surface area contributed by atoms with Crippen molar-refractivity contribution in [2.45, 2.75) is 6.92 Å². The number of amides is 1. The highest BCUT2D eigenvalue weighted by Crippen LogP contribution is 2.29. The molecule has 0 saturated carbocycles. The lowest BCUT2D eigenvalue weighted by atomic mass is 10.1. The van der Waals surface area contributed by atoms with Crippen molar-refractivity contribution in [2.24, 2.45) is 0 Å². The summed E-state index contributed by atoms with van der Waals surface area (Å²) in [6.45, 7) is 1.62. The molecule has 0 radical (unpaired) electrons. The second kappa shape index (κ2) is 7.32. The van der Waals surface area contributed by atoms with Crippen molar-refractivity contribution in [3.63, 3.8) is 0 Å². The van der Waals surface area contributed by atoms with Gasteiger partial charge in [0.05, 0.1) is 5.69 Å². The lowest BCUT2D eigenvalue weighted by molar-refractivity contribution is 0.102. The Hall–Kier alpha value is -3.39. The van der Waals surface area contributed by atoms with Crippen LogP contribution in [0.5, 0.6) is 0 Å². The van der Waals surface area contributed by atoms with Crippen molar-refractivity contribution < 1.29 is 18.1 Å². The standard InChI is InChI=1S/C20H13F2N3O2S/c1-11-17(18(25-27-11)12-5-7-14(21)8-6-12)19(26)24-20-23-16(10-28-20)13-3-2-4-15(22)9-13/h2-10H,1H3,(H,23,24,26). The molecule has 0 aliphatic carbocycles. The molecule has 8 heteroatoms. The summed E-state index contributed by atoms with van der Waals surface area (Å²) in [5.74, 6) is -0.861. The smallest absolute Gasteiger partial charge is 0.263 e. The van der Waals surface area contributed by atoms with E-state index in [1.165, 1.54) is 47.7 Å². The lowest BCUT2D eigenvalue weighted by Crippen LogP contribution is -2.13. The number of aromatic nitrogens is 2. The number of benzene rings is 2. The summed E-state index contributed by atoms with van der Waals surface area (Å²) >= 11 is 1.22. The number of hydrogen-bond acceptors (Lipinski definition) is 5. The van der Waals surface area contributed by atoms with Crippen molar-refractivity contribution in [1.82, 2.24) is 10.1 Å². The molecule has 1 N–H and O–H groups in total. The minimum Gasteiger partial charge on any atom is -0.360 e. The predicted octanol–water partition coefficient (Wildman–Crippen LogP) is 5.30. The number of carbonyl (C=O) groups excluding carboxylic acids is 1. The van der Waals surface area contributed by atoms with E-state index in [1.807, 2.05) is 0 Å². The molecule has 0 spiro atoms. The first-order valence-corrected chi connectivity index (χ1v) is 9.14. The molecule has 140 valence electrons. The molecule has 2 aromatic heterocycles. The molecule has 0 saturated heterocycles. The van der Waals surface area contributed by atoms with Gasteiger partial charge in [0.2, 0.25) is 0 Å². The fraction of sp³-hybridized carbons (Fsp3) is 0.0500. The molecule has 1 amide bonds. The summed E-state index contributed by atoms with van der Waals surface area (Å²) in [6.07, 6.45) is 0. The Bertz CT molecular complexity index is 1150. The molecule has 5 nitrogen and oxygen atoms in total.